The number of ether oxygens (including phenoxy) is 1. The van der Waals surface area contributed by atoms with E-state index in [1.165, 1.54) is 0 Å². The summed E-state index contributed by atoms with van der Waals surface area (Å²) in [4.78, 5) is 0.443. The van der Waals surface area contributed by atoms with Gasteiger partial charge >= 0.3 is 0 Å². The molecule has 0 spiro atoms. The zero-order chi connectivity index (χ0) is 8.15. The van der Waals surface area contributed by atoms with Crippen molar-refractivity contribution in [2.45, 2.75) is 20.0 Å². The molecule has 0 bridgehead atoms. The van der Waals surface area contributed by atoms with Crippen molar-refractivity contribution in [1.82, 2.24) is 0 Å². The first kappa shape index (κ1) is 9.94. The summed E-state index contributed by atoms with van der Waals surface area (Å²) in [7, 11) is 0. The zero-order valence-corrected chi connectivity index (χ0v) is 7.59. The molecule has 0 saturated heterocycles. The summed E-state index contributed by atoms with van der Waals surface area (Å²) in [6.45, 7) is 3.90. The smallest absolute Gasteiger partial charge is 0.193 e. The highest BCUT2D eigenvalue weighted by atomic mass is 32.1. The monoisotopic (exact) mass is 178 g/mol. The minimum Gasteiger partial charge on any atom is -0.485 e. The predicted molar refractivity (Wildman–Crippen MR) is 48.5 cm³/mol. The standard InChI is InChI=1S/C6H10O2S2/c1-3-8-6(10)5(7)4(2)9/h5,7H,3H2,1-2H3. The Hall–Kier alpha value is -0.0600. The molecule has 10 heavy (non-hydrogen) atoms. The van der Waals surface area contributed by atoms with Crippen molar-refractivity contribution in [3.8, 4) is 0 Å². The molecule has 0 radical (unpaired) electrons. The fourth-order valence-corrected chi connectivity index (χ4v) is 0.863. The van der Waals surface area contributed by atoms with Gasteiger partial charge in [0.05, 0.1) is 6.61 Å². The lowest BCUT2D eigenvalue weighted by Crippen LogP contribution is -2.27. The third-order valence-corrected chi connectivity index (χ3v) is 1.46. The number of aliphatic hydroxyl groups excluding tert-OH is 1. The first-order valence-corrected chi connectivity index (χ1v) is 3.76. The third kappa shape index (κ3) is 3.20. The molecule has 0 amide bonds. The second kappa shape index (κ2) is 4.71. The van der Waals surface area contributed by atoms with E-state index in [0.717, 1.165) is 0 Å². The van der Waals surface area contributed by atoms with Crippen molar-refractivity contribution in [2.75, 3.05) is 6.61 Å². The molecule has 2 nitrogen and oxygen atoms in total. The largest absolute Gasteiger partial charge is 0.485 e. The van der Waals surface area contributed by atoms with Gasteiger partial charge in [-0.3, -0.25) is 0 Å². The number of hydrogen-bond donors (Lipinski definition) is 1. The van der Waals surface area contributed by atoms with Crippen LogP contribution in [0, 0.1) is 0 Å². The van der Waals surface area contributed by atoms with Gasteiger partial charge in [0.15, 0.2) is 11.2 Å². The van der Waals surface area contributed by atoms with Crippen molar-refractivity contribution in [2.24, 2.45) is 0 Å². The highest BCUT2D eigenvalue weighted by Crippen LogP contribution is 1.94. The van der Waals surface area contributed by atoms with Crippen molar-refractivity contribution < 1.29 is 9.84 Å². The summed E-state index contributed by atoms with van der Waals surface area (Å²) in [5.74, 6) is 0. The molecule has 1 atom stereocenters. The average molecular weight is 178 g/mol. The first-order valence-electron chi connectivity index (χ1n) is 2.94. The van der Waals surface area contributed by atoms with E-state index >= 15 is 0 Å². The van der Waals surface area contributed by atoms with E-state index in [2.05, 4.69) is 0 Å². The lowest BCUT2D eigenvalue weighted by atomic mass is 10.3. The van der Waals surface area contributed by atoms with Gasteiger partial charge in [0.1, 0.15) is 0 Å². The zero-order valence-electron chi connectivity index (χ0n) is 5.96. The summed E-state index contributed by atoms with van der Waals surface area (Å²) >= 11 is 9.38. The second-order valence-corrected chi connectivity index (χ2v) is 2.81. The van der Waals surface area contributed by atoms with Crippen LogP contribution in [0.5, 0.6) is 0 Å². The molecular formula is C6H10O2S2. The molecule has 4 heteroatoms. The van der Waals surface area contributed by atoms with Crippen LogP contribution >= 0.6 is 24.4 Å². The molecule has 0 aliphatic rings. The maximum Gasteiger partial charge on any atom is 0.193 e. The molecule has 0 aromatic rings. The van der Waals surface area contributed by atoms with Crippen molar-refractivity contribution in [3.05, 3.63) is 0 Å². The Morgan fingerprint density at radius 3 is 2.40 bits per heavy atom. The number of rotatable bonds is 3. The lowest BCUT2D eigenvalue weighted by molar-refractivity contribution is 0.244. The molecule has 0 aliphatic carbocycles. The quantitative estimate of drug-likeness (QED) is 0.655. The van der Waals surface area contributed by atoms with Crippen LogP contribution in [-0.2, 0) is 4.74 Å². The topological polar surface area (TPSA) is 29.5 Å². The van der Waals surface area contributed by atoms with Crippen molar-refractivity contribution in [1.29, 1.82) is 0 Å². The van der Waals surface area contributed by atoms with E-state index in [0.29, 0.717) is 11.5 Å². The minimum atomic E-state index is -0.870. The van der Waals surface area contributed by atoms with Gasteiger partial charge in [-0.15, -0.1) is 0 Å². The van der Waals surface area contributed by atoms with Gasteiger partial charge in [-0.25, -0.2) is 0 Å². The van der Waals surface area contributed by atoms with Gasteiger partial charge in [-0.05, 0) is 26.1 Å². The van der Waals surface area contributed by atoms with Crippen LogP contribution in [0.3, 0.4) is 0 Å². The fraction of sp³-hybridized carbons (Fsp3) is 0.667. The van der Waals surface area contributed by atoms with E-state index in [-0.39, 0.29) is 5.05 Å². The Balaban J connectivity index is 3.82. The van der Waals surface area contributed by atoms with Gasteiger partial charge in [-0.1, -0.05) is 12.2 Å². The highest BCUT2D eigenvalue weighted by molar-refractivity contribution is 7.82. The summed E-state index contributed by atoms with van der Waals surface area (Å²) < 4.78 is 4.86. The van der Waals surface area contributed by atoms with Crippen molar-refractivity contribution in [3.63, 3.8) is 0 Å². The Morgan fingerprint density at radius 1 is 1.60 bits per heavy atom. The predicted octanol–water partition coefficient (Wildman–Crippen LogP) is 1.10. The van der Waals surface area contributed by atoms with E-state index < -0.39 is 6.10 Å². The molecule has 1 N–H and O–H groups in total. The van der Waals surface area contributed by atoms with Gasteiger partial charge in [0, 0.05) is 4.86 Å². The molecule has 0 aliphatic heterocycles. The van der Waals surface area contributed by atoms with E-state index in [1.54, 1.807) is 13.8 Å². The molecule has 0 heterocycles. The maximum atomic E-state index is 9.12. The van der Waals surface area contributed by atoms with Gasteiger partial charge in [0.25, 0.3) is 0 Å². The normalized spacial score (nSPS) is 12.3. The van der Waals surface area contributed by atoms with Crippen LogP contribution in [-0.4, -0.2) is 27.7 Å². The van der Waals surface area contributed by atoms with Crippen LogP contribution in [0.25, 0.3) is 0 Å². The molecule has 0 fully saturated rings. The summed E-state index contributed by atoms with van der Waals surface area (Å²) in [5, 5.41) is 9.28. The van der Waals surface area contributed by atoms with Crippen molar-refractivity contribution >= 4 is 34.4 Å². The van der Waals surface area contributed by atoms with Crippen LogP contribution in [0.4, 0.5) is 0 Å². The molecule has 1 unspecified atom stereocenters. The van der Waals surface area contributed by atoms with Crippen LogP contribution in [0.1, 0.15) is 13.8 Å². The summed E-state index contributed by atoms with van der Waals surface area (Å²) in [6.07, 6.45) is -0.870. The Labute approximate surface area is 71.2 Å². The third-order valence-electron chi connectivity index (χ3n) is 0.895. The van der Waals surface area contributed by atoms with Crippen LogP contribution in [0.2, 0.25) is 0 Å². The number of thiocarbonyl (C=S) groups is 2. The Bertz CT molecular complexity index is 145. The Kier molecular flexibility index (Phi) is 4.68. The summed E-state index contributed by atoms with van der Waals surface area (Å²) in [5.41, 5.74) is 0. The number of aliphatic hydroxyl groups is 1. The van der Waals surface area contributed by atoms with Gasteiger partial charge in [-0.2, -0.15) is 0 Å². The number of hydrogen-bond acceptors (Lipinski definition) is 4. The van der Waals surface area contributed by atoms with Crippen LogP contribution in [0.15, 0.2) is 0 Å². The maximum absolute atomic E-state index is 9.12. The second-order valence-electron chi connectivity index (χ2n) is 1.77. The SMILES string of the molecule is CCOC(=S)C(O)C(C)=S. The molecule has 0 saturated carbocycles. The summed E-state index contributed by atoms with van der Waals surface area (Å²) in [6, 6.07) is 0. The molecule has 0 rings (SSSR count). The molecule has 58 valence electrons. The van der Waals surface area contributed by atoms with Gasteiger partial charge in [0.2, 0.25) is 0 Å². The van der Waals surface area contributed by atoms with E-state index in [1.807, 2.05) is 0 Å². The lowest BCUT2D eigenvalue weighted by Gasteiger charge is -2.09. The van der Waals surface area contributed by atoms with Crippen LogP contribution < -0.4 is 0 Å². The van der Waals surface area contributed by atoms with Gasteiger partial charge < -0.3 is 9.84 Å². The Morgan fingerprint density at radius 2 is 2.10 bits per heavy atom. The molecular weight excluding hydrogens is 168 g/mol. The first-order chi connectivity index (χ1) is 4.59. The molecule has 0 aromatic heterocycles. The minimum absolute atomic E-state index is 0.162. The average Bonchev–Trinajstić information content (AvgIpc) is 1.87. The van der Waals surface area contributed by atoms with E-state index in [4.69, 9.17) is 34.3 Å². The highest BCUT2D eigenvalue weighted by Gasteiger charge is 2.12. The van der Waals surface area contributed by atoms with E-state index in [9.17, 15) is 0 Å². The fourth-order valence-electron chi connectivity index (χ4n) is 0.387. The molecule has 0 aromatic carbocycles.